The van der Waals surface area contributed by atoms with E-state index < -0.39 is 0 Å². The third-order valence-electron chi connectivity index (χ3n) is 2.13. The van der Waals surface area contributed by atoms with Crippen LogP contribution >= 0.6 is 15.9 Å². The first-order valence-corrected chi connectivity index (χ1v) is 6.30. The number of methoxy groups -OCH3 is 1. The second-order valence-electron chi connectivity index (χ2n) is 3.58. The van der Waals surface area contributed by atoms with E-state index in [0.717, 1.165) is 22.3 Å². The molecule has 1 rings (SSSR count). The van der Waals surface area contributed by atoms with Crippen LogP contribution in [-0.2, 0) is 4.79 Å². The monoisotopic (exact) mass is 300 g/mol. The number of halogens is 1. The van der Waals surface area contributed by atoms with Gasteiger partial charge in [-0.1, -0.05) is 22.9 Å². The van der Waals surface area contributed by atoms with Crippen LogP contribution in [-0.4, -0.2) is 26.1 Å². The summed E-state index contributed by atoms with van der Waals surface area (Å²) in [6, 6.07) is 5.61. The number of benzene rings is 1. The highest BCUT2D eigenvalue weighted by molar-refractivity contribution is 9.10. The van der Waals surface area contributed by atoms with Crippen molar-refractivity contribution >= 4 is 27.5 Å². The van der Waals surface area contributed by atoms with E-state index in [1.807, 2.05) is 25.1 Å². The molecule has 94 valence electrons. The number of nitrogens with one attached hydrogen (secondary N) is 2. The average molecular weight is 301 g/mol. The van der Waals surface area contributed by atoms with Crippen LogP contribution in [0.5, 0.6) is 5.75 Å². The predicted molar refractivity (Wildman–Crippen MR) is 72.5 cm³/mol. The van der Waals surface area contributed by atoms with Crippen molar-refractivity contribution in [1.82, 2.24) is 5.32 Å². The molecule has 1 aromatic rings. The largest absolute Gasteiger partial charge is 0.497 e. The van der Waals surface area contributed by atoms with Crippen molar-refractivity contribution < 1.29 is 9.53 Å². The molecule has 1 aromatic carbocycles. The van der Waals surface area contributed by atoms with Gasteiger partial charge in [0.15, 0.2) is 0 Å². The molecule has 0 aliphatic rings. The molecule has 0 saturated carbocycles. The maximum Gasteiger partial charge on any atom is 0.239 e. The van der Waals surface area contributed by atoms with Gasteiger partial charge in [-0.25, -0.2) is 0 Å². The van der Waals surface area contributed by atoms with Gasteiger partial charge in [0.25, 0.3) is 0 Å². The first-order chi connectivity index (χ1) is 8.15. The molecule has 0 saturated heterocycles. The summed E-state index contributed by atoms with van der Waals surface area (Å²) in [5.41, 5.74) is 0.850. The Morgan fingerprint density at radius 1 is 1.41 bits per heavy atom. The quantitative estimate of drug-likeness (QED) is 0.848. The molecule has 0 bridgehead atoms. The van der Waals surface area contributed by atoms with Gasteiger partial charge < -0.3 is 15.4 Å². The number of carbonyl (C=O) groups is 1. The number of rotatable bonds is 6. The number of ether oxygens (including phenoxy) is 1. The molecule has 0 aliphatic heterocycles. The van der Waals surface area contributed by atoms with E-state index >= 15 is 0 Å². The zero-order valence-corrected chi connectivity index (χ0v) is 11.6. The molecule has 1 amide bonds. The molecule has 0 aromatic heterocycles. The Labute approximate surface area is 110 Å². The van der Waals surface area contributed by atoms with Crippen molar-refractivity contribution in [2.75, 3.05) is 25.5 Å². The van der Waals surface area contributed by atoms with E-state index in [1.54, 1.807) is 7.11 Å². The molecular weight excluding hydrogens is 284 g/mol. The van der Waals surface area contributed by atoms with Crippen LogP contribution in [0.1, 0.15) is 13.3 Å². The van der Waals surface area contributed by atoms with Crippen molar-refractivity contribution in [3.8, 4) is 5.75 Å². The third kappa shape index (κ3) is 5.08. The maximum atomic E-state index is 11.4. The Morgan fingerprint density at radius 3 is 2.82 bits per heavy atom. The fourth-order valence-electron chi connectivity index (χ4n) is 1.29. The predicted octanol–water partition coefficient (Wildman–Crippen LogP) is 2.40. The summed E-state index contributed by atoms with van der Waals surface area (Å²) in [7, 11) is 1.61. The minimum atomic E-state index is -0.00853. The summed E-state index contributed by atoms with van der Waals surface area (Å²) in [6.07, 6.45) is 0.941. The van der Waals surface area contributed by atoms with Crippen molar-refractivity contribution in [2.24, 2.45) is 0 Å². The number of hydrogen-bond acceptors (Lipinski definition) is 3. The summed E-state index contributed by atoms with van der Waals surface area (Å²) in [5, 5.41) is 5.85. The van der Waals surface area contributed by atoms with Gasteiger partial charge in [0.1, 0.15) is 5.75 Å². The first-order valence-electron chi connectivity index (χ1n) is 5.51. The fourth-order valence-corrected chi connectivity index (χ4v) is 1.76. The highest BCUT2D eigenvalue weighted by atomic mass is 79.9. The van der Waals surface area contributed by atoms with Gasteiger partial charge in [-0.15, -0.1) is 0 Å². The van der Waals surface area contributed by atoms with Gasteiger partial charge in [0.2, 0.25) is 5.91 Å². The zero-order chi connectivity index (χ0) is 12.7. The van der Waals surface area contributed by atoms with Crippen molar-refractivity contribution in [3.05, 3.63) is 22.7 Å². The molecule has 0 unspecified atom stereocenters. The SMILES string of the molecule is CCCNC(=O)CNc1cc(Br)cc(OC)c1. The van der Waals surface area contributed by atoms with Crippen molar-refractivity contribution in [3.63, 3.8) is 0 Å². The Balaban J connectivity index is 2.51. The van der Waals surface area contributed by atoms with Crippen molar-refractivity contribution in [1.29, 1.82) is 0 Å². The second kappa shape index (κ2) is 7.17. The lowest BCUT2D eigenvalue weighted by molar-refractivity contribution is -0.119. The number of hydrogen-bond donors (Lipinski definition) is 2. The van der Waals surface area contributed by atoms with E-state index in [-0.39, 0.29) is 12.5 Å². The van der Waals surface area contributed by atoms with Crippen LogP contribution in [0.15, 0.2) is 22.7 Å². The standard InChI is InChI=1S/C12H17BrN2O2/c1-3-4-14-12(16)8-15-10-5-9(13)6-11(7-10)17-2/h5-7,15H,3-4,8H2,1-2H3,(H,14,16). The summed E-state index contributed by atoms with van der Waals surface area (Å²) in [5.74, 6) is 0.738. The van der Waals surface area contributed by atoms with Gasteiger partial charge in [0.05, 0.1) is 13.7 Å². The molecule has 0 spiro atoms. The Kier molecular flexibility index (Phi) is 5.83. The lowest BCUT2D eigenvalue weighted by Gasteiger charge is -2.09. The molecule has 4 nitrogen and oxygen atoms in total. The first kappa shape index (κ1) is 13.8. The van der Waals surface area contributed by atoms with Gasteiger partial charge in [-0.3, -0.25) is 4.79 Å². The topological polar surface area (TPSA) is 50.4 Å². The molecule has 17 heavy (non-hydrogen) atoms. The van der Waals surface area contributed by atoms with Crippen molar-refractivity contribution in [2.45, 2.75) is 13.3 Å². The summed E-state index contributed by atoms with van der Waals surface area (Å²) in [6.45, 7) is 2.99. The zero-order valence-electron chi connectivity index (χ0n) is 10.0. The van der Waals surface area contributed by atoms with E-state index in [0.29, 0.717) is 6.54 Å². The molecular formula is C12H17BrN2O2. The number of amides is 1. The van der Waals surface area contributed by atoms with Crippen LogP contribution in [0.2, 0.25) is 0 Å². The Hall–Kier alpha value is -1.23. The minimum Gasteiger partial charge on any atom is -0.497 e. The molecule has 0 radical (unpaired) electrons. The molecule has 5 heteroatoms. The highest BCUT2D eigenvalue weighted by Crippen LogP contribution is 2.24. The normalized spacial score (nSPS) is 9.82. The van der Waals surface area contributed by atoms with E-state index in [1.165, 1.54) is 0 Å². The highest BCUT2D eigenvalue weighted by Gasteiger charge is 2.02. The smallest absolute Gasteiger partial charge is 0.239 e. The molecule has 0 fully saturated rings. The summed E-state index contributed by atoms with van der Waals surface area (Å²) >= 11 is 3.38. The van der Waals surface area contributed by atoms with Gasteiger partial charge in [-0.05, 0) is 18.6 Å². The fraction of sp³-hybridized carbons (Fsp3) is 0.417. The van der Waals surface area contributed by atoms with E-state index in [4.69, 9.17) is 4.74 Å². The average Bonchev–Trinajstić information content (AvgIpc) is 2.33. The Morgan fingerprint density at radius 2 is 2.18 bits per heavy atom. The summed E-state index contributed by atoms with van der Waals surface area (Å²) < 4.78 is 6.05. The van der Waals surface area contributed by atoms with Gasteiger partial charge >= 0.3 is 0 Å². The lowest BCUT2D eigenvalue weighted by atomic mass is 10.3. The van der Waals surface area contributed by atoms with E-state index in [9.17, 15) is 4.79 Å². The lowest BCUT2D eigenvalue weighted by Crippen LogP contribution is -2.30. The molecule has 2 N–H and O–H groups in total. The van der Waals surface area contributed by atoms with Crippen LogP contribution in [0, 0.1) is 0 Å². The minimum absolute atomic E-state index is 0.00853. The van der Waals surface area contributed by atoms with Gasteiger partial charge in [0, 0.05) is 22.8 Å². The second-order valence-corrected chi connectivity index (χ2v) is 4.50. The van der Waals surface area contributed by atoms with Crippen LogP contribution in [0.25, 0.3) is 0 Å². The summed E-state index contributed by atoms with van der Waals surface area (Å²) in [4.78, 5) is 11.4. The molecule has 0 aliphatic carbocycles. The number of carbonyl (C=O) groups excluding carboxylic acids is 1. The van der Waals surface area contributed by atoms with Crippen LogP contribution < -0.4 is 15.4 Å². The third-order valence-corrected chi connectivity index (χ3v) is 2.59. The van der Waals surface area contributed by atoms with E-state index in [2.05, 4.69) is 26.6 Å². The maximum absolute atomic E-state index is 11.4. The Bertz CT molecular complexity index is 383. The van der Waals surface area contributed by atoms with Crippen LogP contribution in [0.3, 0.4) is 0 Å². The molecule has 0 heterocycles. The van der Waals surface area contributed by atoms with Crippen LogP contribution in [0.4, 0.5) is 5.69 Å². The molecule has 0 atom stereocenters. The van der Waals surface area contributed by atoms with Gasteiger partial charge in [-0.2, -0.15) is 0 Å². The number of anilines is 1.